The number of nitrogens with one attached hydrogen (secondary N) is 1. The second-order valence-electron chi connectivity index (χ2n) is 3.35. The van der Waals surface area contributed by atoms with Gasteiger partial charge in [0.15, 0.2) is 0 Å². The van der Waals surface area contributed by atoms with Crippen LogP contribution in [0.3, 0.4) is 0 Å². The number of rotatable bonds is 8. The number of unbranched alkanes of at least 4 members (excludes halogenated alkanes) is 2. The van der Waals surface area contributed by atoms with Gasteiger partial charge in [-0.25, -0.2) is 0 Å². The van der Waals surface area contributed by atoms with Crippen molar-refractivity contribution >= 4 is 17.4 Å². The maximum Gasteiger partial charge on any atom is 0.234 e. The minimum atomic E-state index is 0.563. The zero-order chi connectivity index (χ0) is 11.6. The molecule has 0 amide bonds. The van der Waals surface area contributed by atoms with Crippen LogP contribution in [0.15, 0.2) is 12.4 Å². The maximum atomic E-state index is 5.59. The molecule has 0 aliphatic heterocycles. The van der Waals surface area contributed by atoms with Gasteiger partial charge >= 0.3 is 0 Å². The fourth-order valence-electron chi connectivity index (χ4n) is 1.26. The molecule has 1 rings (SSSR count). The second-order valence-corrected chi connectivity index (χ2v) is 3.73. The average Bonchev–Trinajstić information content (AvgIpc) is 2.30. The van der Waals surface area contributed by atoms with Gasteiger partial charge in [-0.15, -0.1) is 11.6 Å². The lowest BCUT2D eigenvalue weighted by molar-refractivity contribution is 0.325. The van der Waals surface area contributed by atoms with Crippen molar-refractivity contribution in [1.29, 1.82) is 0 Å². The third-order valence-corrected chi connectivity index (χ3v) is 2.29. The molecule has 1 N–H and O–H groups in total. The van der Waals surface area contributed by atoms with Crippen LogP contribution in [0.5, 0.6) is 5.88 Å². The molecule has 0 atom stereocenters. The van der Waals surface area contributed by atoms with Crippen LogP contribution in [0.4, 0.5) is 5.82 Å². The van der Waals surface area contributed by atoms with Gasteiger partial charge in [-0.05, 0) is 19.8 Å². The van der Waals surface area contributed by atoms with E-state index in [0.29, 0.717) is 12.5 Å². The van der Waals surface area contributed by atoms with E-state index in [1.165, 1.54) is 0 Å². The van der Waals surface area contributed by atoms with Gasteiger partial charge in [0, 0.05) is 12.4 Å². The number of hydrogen-bond acceptors (Lipinski definition) is 4. The van der Waals surface area contributed by atoms with Gasteiger partial charge in [0.05, 0.1) is 19.0 Å². The molecule has 1 heterocycles. The van der Waals surface area contributed by atoms with Crippen LogP contribution in [-0.4, -0.2) is 29.0 Å². The molecule has 0 saturated heterocycles. The number of nitrogens with zero attached hydrogens (tertiary/aromatic N) is 2. The molecule has 0 fully saturated rings. The number of anilines is 1. The van der Waals surface area contributed by atoms with Crippen LogP contribution >= 0.6 is 11.6 Å². The van der Waals surface area contributed by atoms with E-state index in [4.69, 9.17) is 16.3 Å². The molecule has 0 aliphatic rings. The van der Waals surface area contributed by atoms with Crippen molar-refractivity contribution in [1.82, 2.24) is 9.97 Å². The Morgan fingerprint density at radius 3 is 2.94 bits per heavy atom. The predicted molar refractivity (Wildman–Crippen MR) is 66.3 cm³/mol. The Morgan fingerprint density at radius 1 is 1.31 bits per heavy atom. The Labute approximate surface area is 101 Å². The van der Waals surface area contributed by atoms with E-state index in [1.54, 1.807) is 12.4 Å². The van der Waals surface area contributed by atoms with E-state index in [0.717, 1.165) is 37.5 Å². The highest BCUT2D eigenvalue weighted by Crippen LogP contribution is 2.09. The lowest BCUT2D eigenvalue weighted by Crippen LogP contribution is -2.05. The van der Waals surface area contributed by atoms with E-state index in [9.17, 15) is 0 Å². The summed E-state index contributed by atoms with van der Waals surface area (Å²) in [5.41, 5.74) is 0. The number of ether oxygens (including phenoxy) is 1. The summed E-state index contributed by atoms with van der Waals surface area (Å²) >= 11 is 5.59. The van der Waals surface area contributed by atoms with Crippen molar-refractivity contribution in [3.8, 4) is 5.88 Å². The Bertz CT molecular complexity index is 296. The number of hydrogen-bond donors (Lipinski definition) is 1. The van der Waals surface area contributed by atoms with Crippen LogP contribution in [-0.2, 0) is 0 Å². The second kappa shape index (κ2) is 8.16. The van der Waals surface area contributed by atoms with Crippen molar-refractivity contribution in [2.45, 2.75) is 26.2 Å². The first kappa shape index (κ1) is 13.0. The van der Waals surface area contributed by atoms with Crippen LogP contribution < -0.4 is 10.1 Å². The number of halogens is 1. The smallest absolute Gasteiger partial charge is 0.234 e. The minimum absolute atomic E-state index is 0.563. The lowest BCUT2D eigenvalue weighted by Gasteiger charge is -2.06. The molecule has 4 nitrogen and oxygen atoms in total. The molecule has 0 aromatic carbocycles. The molecule has 0 bridgehead atoms. The summed E-state index contributed by atoms with van der Waals surface area (Å²) in [7, 11) is 0. The normalized spacial score (nSPS) is 10.1. The molecule has 1 aromatic heterocycles. The van der Waals surface area contributed by atoms with Gasteiger partial charge in [-0.1, -0.05) is 6.42 Å². The molecule has 0 aliphatic carbocycles. The van der Waals surface area contributed by atoms with Gasteiger partial charge in [-0.3, -0.25) is 4.98 Å². The standard InChI is InChI=1S/C11H18ClN3O/c1-2-16-11-9-13-8-10(15-11)14-7-5-3-4-6-12/h8-9H,2-7H2,1H3,(H,14,15). The highest BCUT2D eigenvalue weighted by Gasteiger charge is 1.98. The van der Waals surface area contributed by atoms with Gasteiger partial charge < -0.3 is 10.1 Å². The summed E-state index contributed by atoms with van der Waals surface area (Å²) in [6, 6.07) is 0. The maximum absolute atomic E-state index is 5.59. The Hall–Kier alpha value is -1.03. The third kappa shape index (κ3) is 5.16. The van der Waals surface area contributed by atoms with Crippen molar-refractivity contribution in [3.63, 3.8) is 0 Å². The van der Waals surface area contributed by atoms with E-state index < -0.39 is 0 Å². The molecule has 16 heavy (non-hydrogen) atoms. The summed E-state index contributed by atoms with van der Waals surface area (Å²) < 4.78 is 5.26. The number of alkyl halides is 1. The molecular formula is C11H18ClN3O. The molecule has 0 saturated carbocycles. The quantitative estimate of drug-likeness (QED) is 0.563. The van der Waals surface area contributed by atoms with Crippen molar-refractivity contribution in [2.24, 2.45) is 0 Å². The summed E-state index contributed by atoms with van der Waals surface area (Å²) in [4.78, 5) is 8.31. The van der Waals surface area contributed by atoms with Crippen LogP contribution in [0.25, 0.3) is 0 Å². The summed E-state index contributed by atoms with van der Waals surface area (Å²) in [6.07, 6.45) is 6.60. The van der Waals surface area contributed by atoms with Crippen molar-refractivity contribution in [2.75, 3.05) is 24.3 Å². The summed E-state index contributed by atoms with van der Waals surface area (Å²) in [5, 5.41) is 3.21. The summed E-state index contributed by atoms with van der Waals surface area (Å²) in [6.45, 7) is 3.42. The molecule has 1 aromatic rings. The third-order valence-electron chi connectivity index (χ3n) is 2.02. The molecule has 90 valence electrons. The van der Waals surface area contributed by atoms with Crippen molar-refractivity contribution in [3.05, 3.63) is 12.4 Å². The molecule has 0 radical (unpaired) electrons. The molecule has 0 spiro atoms. The minimum Gasteiger partial charge on any atom is -0.477 e. The Balaban J connectivity index is 2.27. The van der Waals surface area contributed by atoms with E-state index in [-0.39, 0.29) is 0 Å². The van der Waals surface area contributed by atoms with Gasteiger partial charge in [0.25, 0.3) is 0 Å². The first-order valence-electron chi connectivity index (χ1n) is 5.61. The van der Waals surface area contributed by atoms with E-state index in [1.807, 2.05) is 6.92 Å². The Kier molecular flexibility index (Phi) is 6.65. The van der Waals surface area contributed by atoms with Crippen molar-refractivity contribution < 1.29 is 4.74 Å². The molecule has 0 unspecified atom stereocenters. The number of aromatic nitrogens is 2. The monoisotopic (exact) mass is 243 g/mol. The zero-order valence-electron chi connectivity index (χ0n) is 9.58. The largest absolute Gasteiger partial charge is 0.477 e. The topological polar surface area (TPSA) is 47.0 Å². The first-order valence-corrected chi connectivity index (χ1v) is 6.15. The van der Waals surface area contributed by atoms with E-state index >= 15 is 0 Å². The zero-order valence-corrected chi connectivity index (χ0v) is 10.3. The Morgan fingerprint density at radius 2 is 2.19 bits per heavy atom. The highest BCUT2D eigenvalue weighted by atomic mass is 35.5. The lowest BCUT2D eigenvalue weighted by atomic mass is 10.2. The highest BCUT2D eigenvalue weighted by molar-refractivity contribution is 6.17. The summed E-state index contributed by atoms with van der Waals surface area (Å²) in [5.74, 6) is 2.06. The van der Waals surface area contributed by atoms with Gasteiger partial charge in [-0.2, -0.15) is 4.98 Å². The SMILES string of the molecule is CCOc1cncc(NCCCCCCl)n1. The van der Waals surface area contributed by atoms with Crippen LogP contribution in [0.2, 0.25) is 0 Å². The van der Waals surface area contributed by atoms with E-state index in [2.05, 4.69) is 15.3 Å². The van der Waals surface area contributed by atoms with Crippen LogP contribution in [0.1, 0.15) is 26.2 Å². The molecule has 5 heteroatoms. The average molecular weight is 244 g/mol. The fraction of sp³-hybridized carbons (Fsp3) is 0.636. The van der Waals surface area contributed by atoms with Gasteiger partial charge in [0.1, 0.15) is 5.82 Å². The molecular weight excluding hydrogens is 226 g/mol. The van der Waals surface area contributed by atoms with Crippen LogP contribution in [0, 0.1) is 0 Å². The fourth-order valence-corrected chi connectivity index (χ4v) is 1.45. The van der Waals surface area contributed by atoms with Gasteiger partial charge in [0.2, 0.25) is 5.88 Å². The predicted octanol–water partition coefficient (Wildman–Crippen LogP) is 2.70. The first-order chi connectivity index (χ1) is 7.86.